The maximum absolute atomic E-state index is 12.5. The van der Waals surface area contributed by atoms with Crippen LogP contribution in [0, 0.1) is 0 Å². The van der Waals surface area contributed by atoms with Gasteiger partial charge in [-0.05, 0) is 38.3 Å². The summed E-state index contributed by atoms with van der Waals surface area (Å²) < 4.78 is 0. The summed E-state index contributed by atoms with van der Waals surface area (Å²) in [5.74, 6) is -0.157. The van der Waals surface area contributed by atoms with E-state index >= 15 is 0 Å². The molecule has 1 aromatic rings. The minimum Gasteiger partial charge on any atom is -0.352 e. The first-order chi connectivity index (χ1) is 10.9. The summed E-state index contributed by atoms with van der Waals surface area (Å²) in [5, 5.41) is 3.55. The Morgan fingerprint density at radius 3 is 2.43 bits per heavy atom. The number of amides is 2. The number of rotatable bonds is 8. The molecule has 0 radical (unpaired) electrons. The number of carbonyl (C=O) groups excluding carboxylic acids is 2. The van der Waals surface area contributed by atoms with Gasteiger partial charge in [-0.15, -0.1) is 0 Å². The molecule has 128 valence electrons. The third kappa shape index (κ3) is 5.87. The van der Waals surface area contributed by atoms with Crippen LogP contribution in [0.3, 0.4) is 0 Å². The van der Waals surface area contributed by atoms with Crippen LogP contribution in [0.25, 0.3) is 0 Å². The molecule has 0 fully saturated rings. The van der Waals surface area contributed by atoms with Gasteiger partial charge in [0.25, 0.3) is 0 Å². The monoisotopic (exact) mass is 338 g/mol. The number of hydrogen-bond acceptors (Lipinski definition) is 2. The third-order valence-electron chi connectivity index (χ3n) is 3.93. The zero-order valence-electron chi connectivity index (χ0n) is 14.4. The van der Waals surface area contributed by atoms with E-state index in [0.29, 0.717) is 18.0 Å². The van der Waals surface area contributed by atoms with Crippen LogP contribution in [-0.4, -0.2) is 28.8 Å². The lowest BCUT2D eigenvalue weighted by molar-refractivity contribution is -0.140. The van der Waals surface area contributed by atoms with E-state index in [0.717, 1.165) is 18.4 Å². The fourth-order valence-electron chi connectivity index (χ4n) is 2.22. The van der Waals surface area contributed by atoms with E-state index in [1.165, 1.54) is 0 Å². The molecule has 5 heteroatoms. The van der Waals surface area contributed by atoms with Crippen LogP contribution in [-0.2, 0) is 16.1 Å². The van der Waals surface area contributed by atoms with Gasteiger partial charge in [0.2, 0.25) is 11.8 Å². The Balaban J connectivity index is 2.94. The molecule has 0 aliphatic carbocycles. The number of carbonyl (C=O) groups is 2. The van der Waals surface area contributed by atoms with Gasteiger partial charge in [-0.1, -0.05) is 43.6 Å². The zero-order valence-corrected chi connectivity index (χ0v) is 15.2. The Labute approximate surface area is 144 Å². The van der Waals surface area contributed by atoms with Crippen molar-refractivity contribution < 1.29 is 9.59 Å². The molecule has 1 N–H and O–H groups in total. The van der Waals surface area contributed by atoms with Gasteiger partial charge in [-0.2, -0.15) is 0 Å². The van der Waals surface area contributed by atoms with Gasteiger partial charge in [0.1, 0.15) is 6.04 Å². The molecule has 0 heterocycles. The van der Waals surface area contributed by atoms with Crippen LogP contribution < -0.4 is 5.32 Å². The lowest BCUT2D eigenvalue weighted by Gasteiger charge is -2.30. The molecule has 1 aromatic carbocycles. The van der Waals surface area contributed by atoms with Crippen molar-refractivity contribution in [2.75, 3.05) is 0 Å². The van der Waals surface area contributed by atoms with E-state index in [1.54, 1.807) is 17.9 Å². The molecule has 4 nitrogen and oxygen atoms in total. The van der Waals surface area contributed by atoms with Gasteiger partial charge in [-0.3, -0.25) is 9.59 Å². The fourth-order valence-corrected chi connectivity index (χ4v) is 2.41. The smallest absolute Gasteiger partial charge is 0.242 e. The topological polar surface area (TPSA) is 49.4 Å². The molecular formula is C18H27ClN2O2. The highest BCUT2D eigenvalue weighted by Gasteiger charge is 2.26. The number of hydrogen-bond donors (Lipinski definition) is 1. The maximum Gasteiger partial charge on any atom is 0.242 e. The predicted octanol–water partition coefficient (Wildman–Crippen LogP) is 3.77. The van der Waals surface area contributed by atoms with Crippen LogP contribution in [0.1, 0.15) is 52.5 Å². The number of nitrogens with zero attached hydrogens (tertiary/aromatic N) is 1. The van der Waals surface area contributed by atoms with Gasteiger partial charge in [-0.25, -0.2) is 0 Å². The highest BCUT2D eigenvalue weighted by atomic mass is 35.5. The average molecular weight is 339 g/mol. The molecule has 2 amide bonds. The third-order valence-corrected chi connectivity index (χ3v) is 4.30. The summed E-state index contributed by atoms with van der Waals surface area (Å²) in [5.41, 5.74) is 0.849. The molecule has 1 rings (SSSR count). The molecule has 2 atom stereocenters. The summed E-state index contributed by atoms with van der Waals surface area (Å²) in [4.78, 5) is 26.5. The Hall–Kier alpha value is -1.55. The largest absolute Gasteiger partial charge is 0.352 e. The summed E-state index contributed by atoms with van der Waals surface area (Å²) in [6.45, 7) is 8.03. The first-order valence-corrected chi connectivity index (χ1v) is 8.61. The summed E-state index contributed by atoms with van der Waals surface area (Å²) in [7, 11) is 0. The molecule has 0 bridgehead atoms. The molecule has 0 saturated heterocycles. The first-order valence-electron chi connectivity index (χ1n) is 8.23. The SMILES string of the molecule is CCCC(=O)N(Cc1ccccc1Cl)[C@@H](C)C(=O)N[C@@H](C)CC. The molecule has 0 aliphatic rings. The molecule has 0 aromatic heterocycles. The Kier molecular flexibility index (Phi) is 8.10. The summed E-state index contributed by atoms with van der Waals surface area (Å²) >= 11 is 6.20. The highest BCUT2D eigenvalue weighted by molar-refractivity contribution is 6.31. The van der Waals surface area contributed by atoms with Crippen LogP contribution in [0.15, 0.2) is 24.3 Å². The first kappa shape index (κ1) is 19.5. The van der Waals surface area contributed by atoms with E-state index in [9.17, 15) is 9.59 Å². The lowest BCUT2D eigenvalue weighted by atomic mass is 10.1. The van der Waals surface area contributed by atoms with E-state index in [1.807, 2.05) is 39.0 Å². The molecule has 0 saturated carbocycles. The minimum atomic E-state index is -0.528. The van der Waals surface area contributed by atoms with Crippen molar-refractivity contribution >= 4 is 23.4 Å². The Bertz CT molecular complexity index is 534. The molecular weight excluding hydrogens is 312 g/mol. The van der Waals surface area contributed by atoms with Crippen molar-refractivity contribution in [1.82, 2.24) is 10.2 Å². The molecule has 0 spiro atoms. The van der Waals surface area contributed by atoms with E-state index < -0.39 is 6.04 Å². The maximum atomic E-state index is 12.5. The summed E-state index contributed by atoms with van der Waals surface area (Å²) in [6.07, 6.45) is 2.02. The van der Waals surface area contributed by atoms with Gasteiger partial charge in [0, 0.05) is 24.0 Å². The van der Waals surface area contributed by atoms with Crippen molar-refractivity contribution in [3.63, 3.8) is 0 Å². The van der Waals surface area contributed by atoms with Crippen LogP contribution in [0.2, 0.25) is 5.02 Å². The Morgan fingerprint density at radius 1 is 1.22 bits per heavy atom. The van der Waals surface area contributed by atoms with Crippen molar-refractivity contribution in [2.45, 2.75) is 65.6 Å². The standard InChI is InChI=1S/C18H27ClN2O2/c1-5-9-17(22)21(12-15-10-7-8-11-16(15)19)14(4)18(23)20-13(3)6-2/h7-8,10-11,13-14H,5-6,9,12H2,1-4H3,(H,20,23)/t13-,14-/m0/s1. The van der Waals surface area contributed by atoms with Gasteiger partial charge in [0.15, 0.2) is 0 Å². The normalized spacial score (nSPS) is 13.3. The van der Waals surface area contributed by atoms with Crippen molar-refractivity contribution in [3.05, 3.63) is 34.9 Å². The van der Waals surface area contributed by atoms with E-state index in [2.05, 4.69) is 5.32 Å². The quantitative estimate of drug-likeness (QED) is 0.784. The predicted molar refractivity (Wildman–Crippen MR) is 94.3 cm³/mol. The van der Waals surface area contributed by atoms with Crippen LogP contribution >= 0.6 is 11.6 Å². The zero-order chi connectivity index (χ0) is 17.4. The molecule has 0 aliphatic heterocycles. The second-order valence-electron chi connectivity index (χ2n) is 5.86. The fraction of sp³-hybridized carbons (Fsp3) is 0.556. The molecule has 0 unspecified atom stereocenters. The van der Waals surface area contributed by atoms with Gasteiger partial charge in [0.05, 0.1) is 0 Å². The van der Waals surface area contributed by atoms with Crippen molar-refractivity contribution in [1.29, 1.82) is 0 Å². The second-order valence-corrected chi connectivity index (χ2v) is 6.26. The summed E-state index contributed by atoms with van der Waals surface area (Å²) in [6, 6.07) is 6.97. The van der Waals surface area contributed by atoms with Crippen molar-refractivity contribution in [3.8, 4) is 0 Å². The average Bonchev–Trinajstić information content (AvgIpc) is 2.53. The number of benzene rings is 1. The van der Waals surface area contributed by atoms with Gasteiger partial charge >= 0.3 is 0 Å². The lowest BCUT2D eigenvalue weighted by Crippen LogP contribution is -2.49. The minimum absolute atomic E-state index is 0.0285. The van der Waals surface area contributed by atoms with Crippen molar-refractivity contribution in [2.24, 2.45) is 0 Å². The second kappa shape index (κ2) is 9.56. The number of nitrogens with one attached hydrogen (secondary N) is 1. The number of halogens is 1. The van der Waals surface area contributed by atoms with E-state index in [4.69, 9.17) is 11.6 Å². The van der Waals surface area contributed by atoms with Gasteiger partial charge < -0.3 is 10.2 Å². The molecule has 23 heavy (non-hydrogen) atoms. The van der Waals surface area contributed by atoms with E-state index in [-0.39, 0.29) is 17.9 Å². The Morgan fingerprint density at radius 2 is 1.87 bits per heavy atom. The van der Waals surface area contributed by atoms with Crippen LogP contribution in [0.5, 0.6) is 0 Å². The van der Waals surface area contributed by atoms with Crippen LogP contribution in [0.4, 0.5) is 0 Å². The highest BCUT2D eigenvalue weighted by Crippen LogP contribution is 2.19.